The summed E-state index contributed by atoms with van der Waals surface area (Å²) in [6.45, 7) is 10.6. The highest BCUT2D eigenvalue weighted by Gasteiger charge is 2.34. The largest absolute Gasteiger partial charge is 0.497 e. The van der Waals surface area contributed by atoms with Crippen molar-refractivity contribution >= 4 is 23.1 Å². The summed E-state index contributed by atoms with van der Waals surface area (Å²) in [5.41, 5.74) is 6.25. The molecule has 2 atom stereocenters. The van der Waals surface area contributed by atoms with E-state index in [0.29, 0.717) is 32.7 Å². The minimum atomic E-state index is -0.596. The van der Waals surface area contributed by atoms with Gasteiger partial charge in [0.25, 0.3) is 0 Å². The van der Waals surface area contributed by atoms with Crippen LogP contribution < -0.4 is 25.0 Å². The van der Waals surface area contributed by atoms with Crippen molar-refractivity contribution in [2.45, 2.75) is 97.6 Å². The van der Waals surface area contributed by atoms with Gasteiger partial charge in [-0.1, -0.05) is 37.6 Å². The first kappa shape index (κ1) is 34.5. The molecule has 2 aliphatic rings. The van der Waals surface area contributed by atoms with Crippen molar-refractivity contribution in [3.05, 3.63) is 70.9 Å². The molecule has 1 aliphatic heterocycles. The summed E-state index contributed by atoms with van der Waals surface area (Å²) in [5, 5.41) is 7.17. The van der Waals surface area contributed by atoms with E-state index in [0.717, 1.165) is 84.0 Å². The summed E-state index contributed by atoms with van der Waals surface area (Å²) in [7, 11) is 3.36. The summed E-state index contributed by atoms with van der Waals surface area (Å²) < 4.78 is 23.1. The third kappa shape index (κ3) is 8.96. The topological polar surface area (TPSA) is 94.2 Å². The molecule has 9 heteroatoms. The molecule has 0 bridgehead atoms. The number of anilines is 3. The molecule has 2 N–H and O–H groups in total. The number of methoxy groups -OCH3 is 2. The van der Waals surface area contributed by atoms with E-state index in [-0.39, 0.29) is 17.9 Å². The van der Waals surface area contributed by atoms with Crippen LogP contribution in [0, 0.1) is 5.92 Å². The standard InChI is InChI=1S/C38H52N4O5/c1-7-8-13-34(43)41-36-35(39-22-29-25-46-38(3,4)47-26(29)2)32-11-9-10-12-33(32)40-37(36)42(23-27-14-18-30(44-5)19-15-27)24-28-16-20-31(45-6)21-17-28/h14-21,26,29H,7-13,22-25H2,1-6H3,(H,39,40)(H,41,43). The quantitative estimate of drug-likeness (QED) is 0.186. The van der Waals surface area contributed by atoms with Gasteiger partial charge in [-0.3, -0.25) is 4.79 Å². The highest BCUT2D eigenvalue weighted by molar-refractivity contribution is 5.99. The average molecular weight is 645 g/mol. The summed E-state index contributed by atoms with van der Waals surface area (Å²) in [4.78, 5) is 21.1. The van der Waals surface area contributed by atoms with Crippen molar-refractivity contribution in [3.8, 4) is 11.5 Å². The second-order valence-electron chi connectivity index (χ2n) is 13.2. The molecule has 2 heterocycles. The van der Waals surface area contributed by atoms with E-state index < -0.39 is 5.79 Å². The predicted molar refractivity (Wildman–Crippen MR) is 187 cm³/mol. The predicted octanol–water partition coefficient (Wildman–Crippen LogP) is 7.51. The number of carbonyl (C=O) groups is 1. The molecule has 254 valence electrons. The first-order valence-corrected chi connectivity index (χ1v) is 17.1. The molecular formula is C38H52N4O5. The Morgan fingerprint density at radius 1 is 0.957 bits per heavy atom. The number of ether oxygens (including phenoxy) is 4. The maximum absolute atomic E-state index is 13.5. The van der Waals surface area contributed by atoms with Crippen molar-refractivity contribution < 1.29 is 23.7 Å². The molecule has 2 unspecified atom stereocenters. The minimum absolute atomic E-state index is 0.00186. The van der Waals surface area contributed by atoms with Gasteiger partial charge in [0.2, 0.25) is 5.91 Å². The van der Waals surface area contributed by atoms with Gasteiger partial charge in [0.15, 0.2) is 11.6 Å². The fourth-order valence-corrected chi connectivity index (χ4v) is 6.40. The number of hydrogen-bond donors (Lipinski definition) is 2. The lowest BCUT2D eigenvalue weighted by atomic mass is 9.93. The number of fused-ring (bicyclic) bond motifs is 1. The van der Waals surface area contributed by atoms with Crippen LogP contribution in [-0.4, -0.2) is 50.2 Å². The van der Waals surface area contributed by atoms with E-state index in [9.17, 15) is 4.79 Å². The zero-order chi connectivity index (χ0) is 33.4. The van der Waals surface area contributed by atoms with Gasteiger partial charge < -0.3 is 34.5 Å². The van der Waals surface area contributed by atoms with Gasteiger partial charge in [-0.25, -0.2) is 4.98 Å². The zero-order valence-electron chi connectivity index (χ0n) is 29.0. The van der Waals surface area contributed by atoms with Crippen LogP contribution >= 0.6 is 0 Å². The summed E-state index contributed by atoms with van der Waals surface area (Å²) in [6.07, 6.45) is 6.26. The Morgan fingerprint density at radius 2 is 1.57 bits per heavy atom. The first-order valence-electron chi connectivity index (χ1n) is 17.1. The maximum Gasteiger partial charge on any atom is 0.224 e. The van der Waals surface area contributed by atoms with E-state index in [2.05, 4.69) is 53.6 Å². The highest BCUT2D eigenvalue weighted by Crippen LogP contribution is 2.41. The molecule has 9 nitrogen and oxygen atoms in total. The molecule has 47 heavy (non-hydrogen) atoms. The van der Waals surface area contributed by atoms with Crippen molar-refractivity contribution in [1.29, 1.82) is 0 Å². The number of carbonyl (C=O) groups excluding carboxylic acids is 1. The molecule has 0 radical (unpaired) electrons. The Balaban J connectivity index is 1.58. The molecule has 5 rings (SSSR count). The average Bonchev–Trinajstić information content (AvgIpc) is 3.07. The third-order valence-electron chi connectivity index (χ3n) is 9.16. The van der Waals surface area contributed by atoms with E-state index in [4.69, 9.17) is 23.9 Å². The van der Waals surface area contributed by atoms with Crippen LogP contribution in [0.25, 0.3) is 0 Å². The van der Waals surface area contributed by atoms with E-state index >= 15 is 0 Å². The number of unbranched alkanes of at least 4 members (excludes halogenated alkanes) is 1. The second kappa shape index (κ2) is 15.8. The van der Waals surface area contributed by atoms with Crippen LogP contribution in [0.3, 0.4) is 0 Å². The van der Waals surface area contributed by atoms with Crippen LogP contribution in [0.4, 0.5) is 17.2 Å². The molecule has 1 amide bonds. The highest BCUT2D eigenvalue weighted by atomic mass is 16.7. The van der Waals surface area contributed by atoms with Gasteiger partial charge in [0, 0.05) is 37.7 Å². The maximum atomic E-state index is 13.5. The minimum Gasteiger partial charge on any atom is -0.497 e. The monoisotopic (exact) mass is 644 g/mol. The molecule has 1 aromatic heterocycles. The van der Waals surface area contributed by atoms with Crippen molar-refractivity contribution in [2.24, 2.45) is 5.92 Å². The summed E-state index contributed by atoms with van der Waals surface area (Å²) in [6, 6.07) is 16.3. The Morgan fingerprint density at radius 3 is 2.15 bits per heavy atom. The summed E-state index contributed by atoms with van der Waals surface area (Å²) >= 11 is 0. The summed E-state index contributed by atoms with van der Waals surface area (Å²) in [5.74, 6) is 1.95. The first-order chi connectivity index (χ1) is 22.7. The second-order valence-corrected chi connectivity index (χ2v) is 13.2. The molecule has 1 aliphatic carbocycles. The molecule has 0 saturated carbocycles. The van der Waals surface area contributed by atoms with Crippen LogP contribution in [0.2, 0.25) is 0 Å². The number of aromatic nitrogens is 1. The number of benzene rings is 2. The lowest BCUT2D eigenvalue weighted by molar-refractivity contribution is -0.286. The molecule has 0 spiro atoms. The third-order valence-corrected chi connectivity index (χ3v) is 9.16. The van der Waals surface area contributed by atoms with Crippen molar-refractivity contribution in [2.75, 3.05) is 42.9 Å². The molecule has 3 aromatic rings. The fourth-order valence-electron chi connectivity index (χ4n) is 6.40. The van der Waals surface area contributed by atoms with Crippen LogP contribution in [0.15, 0.2) is 48.5 Å². The lowest BCUT2D eigenvalue weighted by Gasteiger charge is -2.40. The van der Waals surface area contributed by atoms with Gasteiger partial charge in [0.1, 0.15) is 17.2 Å². The number of hydrogen-bond acceptors (Lipinski definition) is 8. The Kier molecular flexibility index (Phi) is 11.6. The number of aryl methyl sites for hydroxylation is 1. The number of nitrogens with one attached hydrogen (secondary N) is 2. The van der Waals surface area contributed by atoms with Gasteiger partial charge in [-0.15, -0.1) is 0 Å². The van der Waals surface area contributed by atoms with E-state index in [1.165, 1.54) is 5.56 Å². The smallest absolute Gasteiger partial charge is 0.224 e. The lowest BCUT2D eigenvalue weighted by Crippen LogP contribution is -2.46. The molecular weight excluding hydrogens is 592 g/mol. The Labute approximate surface area is 280 Å². The van der Waals surface area contributed by atoms with Crippen molar-refractivity contribution in [1.82, 2.24) is 4.98 Å². The fraction of sp³-hybridized carbons (Fsp3) is 0.526. The number of pyridine rings is 1. The molecule has 2 aromatic carbocycles. The number of rotatable bonds is 14. The Bertz CT molecular complexity index is 1430. The SMILES string of the molecule is CCCCC(=O)Nc1c(N(Cc2ccc(OC)cc2)Cc2ccc(OC)cc2)nc2c(c1NCC1COC(C)(C)OC1C)CCCC2. The van der Waals surface area contributed by atoms with Crippen LogP contribution in [0.5, 0.6) is 11.5 Å². The van der Waals surface area contributed by atoms with E-state index in [1.807, 2.05) is 38.1 Å². The van der Waals surface area contributed by atoms with Gasteiger partial charge >= 0.3 is 0 Å². The van der Waals surface area contributed by atoms with Crippen LogP contribution in [0.1, 0.15) is 82.2 Å². The van der Waals surface area contributed by atoms with Gasteiger partial charge in [-0.2, -0.15) is 0 Å². The normalized spacial score (nSPS) is 18.6. The van der Waals surface area contributed by atoms with Crippen molar-refractivity contribution in [3.63, 3.8) is 0 Å². The van der Waals surface area contributed by atoms with Gasteiger partial charge in [-0.05, 0) is 93.8 Å². The molecule has 1 fully saturated rings. The number of nitrogens with zero attached hydrogens (tertiary/aromatic N) is 2. The number of amides is 1. The van der Waals surface area contributed by atoms with E-state index in [1.54, 1.807) is 14.2 Å². The molecule has 1 saturated heterocycles. The van der Waals surface area contributed by atoms with Gasteiger partial charge in [0.05, 0.1) is 32.6 Å². The van der Waals surface area contributed by atoms with Crippen LogP contribution in [-0.2, 0) is 40.2 Å². The Hall–Kier alpha value is -3.82. The zero-order valence-corrected chi connectivity index (χ0v) is 29.0.